The third-order valence-corrected chi connectivity index (χ3v) is 3.61. The van der Waals surface area contributed by atoms with E-state index in [0.717, 1.165) is 28.3 Å². The minimum absolute atomic E-state index is 0.395. The fourth-order valence-electron chi connectivity index (χ4n) is 2.50. The summed E-state index contributed by atoms with van der Waals surface area (Å²) in [6.07, 6.45) is 2.25. The maximum atomic E-state index is 11.5. The van der Waals surface area contributed by atoms with E-state index in [4.69, 9.17) is 5.73 Å². The van der Waals surface area contributed by atoms with Crippen LogP contribution < -0.4 is 5.73 Å². The minimum atomic E-state index is -0.644. The number of methoxy groups -OCH3 is 1. The summed E-state index contributed by atoms with van der Waals surface area (Å²) in [7, 11) is 1.35. The van der Waals surface area contributed by atoms with Crippen LogP contribution in [0, 0.1) is 20.8 Å². The highest BCUT2D eigenvalue weighted by Gasteiger charge is 2.19. The number of esters is 1. The van der Waals surface area contributed by atoms with Crippen molar-refractivity contribution >= 4 is 5.97 Å². The van der Waals surface area contributed by atoms with Crippen LogP contribution in [0.5, 0.6) is 0 Å². The van der Waals surface area contributed by atoms with Crippen LogP contribution in [0.25, 0.3) is 5.82 Å². The smallest absolute Gasteiger partial charge is 0.322 e. The molecule has 2 aromatic rings. The molecule has 0 aliphatic heterocycles. The Hall–Kier alpha value is -2.14. The number of ether oxygens (including phenoxy) is 1. The molecule has 2 rings (SSSR count). The number of nitrogens with zero attached hydrogens (tertiary/aromatic N) is 2. The van der Waals surface area contributed by atoms with Crippen LogP contribution in [-0.4, -0.2) is 28.7 Å². The van der Waals surface area contributed by atoms with Gasteiger partial charge < -0.3 is 15.0 Å². The quantitative estimate of drug-likeness (QED) is 0.871. The van der Waals surface area contributed by atoms with Gasteiger partial charge in [0.2, 0.25) is 0 Å². The first-order valence-electron chi connectivity index (χ1n) is 6.88. The second-order valence-electron chi connectivity index (χ2n) is 5.26. The summed E-state index contributed by atoms with van der Waals surface area (Å²) in [4.78, 5) is 15.9. The predicted molar refractivity (Wildman–Crippen MR) is 81.5 cm³/mol. The lowest BCUT2D eigenvalue weighted by Gasteiger charge is -2.11. The summed E-state index contributed by atoms with van der Waals surface area (Å²) in [5, 5.41) is 0. The van der Waals surface area contributed by atoms with Gasteiger partial charge in [-0.3, -0.25) is 4.79 Å². The SMILES string of the molecule is COC(=O)C(N)Cc1cc(C)n(-c2cc(C)ccn2)c1C. The molecule has 0 aromatic carbocycles. The van der Waals surface area contributed by atoms with E-state index in [1.165, 1.54) is 7.11 Å². The number of hydrogen-bond acceptors (Lipinski definition) is 4. The van der Waals surface area contributed by atoms with Crippen LogP contribution in [0.4, 0.5) is 0 Å². The average molecular weight is 287 g/mol. The Balaban J connectivity index is 2.36. The van der Waals surface area contributed by atoms with Crippen molar-refractivity contribution in [3.63, 3.8) is 0 Å². The van der Waals surface area contributed by atoms with Crippen molar-refractivity contribution < 1.29 is 9.53 Å². The lowest BCUT2D eigenvalue weighted by atomic mass is 10.1. The van der Waals surface area contributed by atoms with Crippen molar-refractivity contribution in [1.82, 2.24) is 9.55 Å². The highest BCUT2D eigenvalue weighted by Crippen LogP contribution is 2.21. The third kappa shape index (κ3) is 3.13. The van der Waals surface area contributed by atoms with E-state index in [1.54, 1.807) is 6.20 Å². The zero-order valence-corrected chi connectivity index (χ0v) is 12.9. The van der Waals surface area contributed by atoms with Gasteiger partial charge in [-0.1, -0.05) is 0 Å². The molecule has 2 N–H and O–H groups in total. The van der Waals surface area contributed by atoms with Gasteiger partial charge in [0, 0.05) is 24.0 Å². The largest absolute Gasteiger partial charge is 0.468 e. The molecule has 0 spiro atoms. The maximum Gasteiger partial charge on any atom is 0.322 e. The molecule has 21 heavy (non-hydrogen) atoms. The Morgan fingerprint density at radius 3 is 2.71 bits per heavy atom. The van der Waals surface area contributed by atoms with E-state index in [2.05, 4.69) is 14.3 Å². The standard InChI is InChI=1S/C16H21N3O2/c1-10-5-6-18-15(7-10)19-11(2)8-13(12(19)3)9-14(17)16(20)21-4/h5-8,14H,9,17H2,1-4H3. The molecule has 0 saturated heterocycles. The summed E-state index contributed by atoms with van der Waals surface area (Å²) >= 11 is 0. The van der Waals surface area contributed by atoms with Crippen LogP contribution in [0.2, 0.25) is 0 Å². The number of carbonyl (C=O) groups is 1. The first-order chi connectivity index (χ1) is 9.93. The first kappa shape index (κ1) is 15.3. The summed E-state index contributed by atoms with van der Waals surface area (Å²) in [6, 6.07) is 5.40. The van der Waals surface area contributed by atoms with E-state index in [0.29, 0.717) is 6.42 Å². The van der Waals surface area contributed by atoms with Gasteiger partial charge in [0.25, 0.3) is 0 Å². The number of aromatic nitrogens is 2. The van der Waals surface area contributed by atoms with Crippen LogP contribution in [0.1, 0.15) is 22.5 Å². The average Bonchev–Trinajstić information content (AvgIpc) is 2.72. The van der Waals surface area contributed by atoms with E-state index in [-0.39, 0.29) is 0 Å². The molecule has 0 amide bonds. The van der Waals surface area contributed by atoms with E-state index in [9.17, 15) is 4.79 Å². The van der Waals surface area contributed by atoms with Crippen molar-refractivity contribution in [3.05, 3.63) is 46.9 Å². The van der Waals surface area contributed by atoms with E-state index in [1.807, 2.05) is 39.0 Å². The van der Waals surface area contributed by atoms with Gasteiger partial charge in [0.05, 0.1) is 7.11 Å². The highest BCUT2D eigenvalue weighted by molar-refractivity contribution is 5.75. The van der Waals surface area contributed by atoms with Crippen molar-refractivity contribution in [2.24, 2.45) is 5.73 Å². The fraction of sp³-hybridized carbons (Fsp3) is 0.375. The highest BCUT2D eigenvalue weighted by atomic mass is 16.5. The molecule has 5 nitrogen and oxygen atoms in total. The Kier molecular flexibility index (Phi) is 4.43. The van der Waals surface area contributed by atoms with Gasteiger partial charge in [-0.25, -0.2) is 4.98 Å². The molecule has 0 fully saturated rings. The monoisotopic (exact) mass is 287 g/mol. The van der Waals surface area contributed by atoms with Gasteiger partial charge in [0.1, 0.15) is 11.9 Å². The number of carbonyl (C=O) groups excluding carboxylic acids is 1. The summed E-state index contributed by atoms with van der Waals surface area (Å²) < 4.78 is 6.75. The van der Waals surface area contributed by atoms with Crippen LogP contribution >= 0.6 is 0 Å². The Morgan fingerprint density at radius 2 is 2.10 bits per heavy atom. The molecule has 1 atom stereocenters. The lowest BCUT2D eigenvalue weighted by molar-refractivity contribution is -0.142. The zero-order chi connectivity index (χ0) is 15.6. The molecule has 1 unspecified atom stereocenters. The molecule has 0 saturated carbocycles. The topological polar surface area (TPSA) is 70.1 Å². The maximum absolute atomic E-state index is 11.5. The van der Waals surface area contributed by atoms with Gasteiger partial charge in [-0.2, -0.15) is 0 Å². The fourth-order valence-corrected chi connectivity index (χ4v) is 2.50. The molecule has 5 heteroatoms. The molecule has 0 aliphatic rings. The number of nitrogens with two attached hydrogens (primary N) is 1. The van der Waals surface area contributed by atoms with Crippen LogP contribution in [0.15, 0.2) is 24.4 Å². The Morgan fingerprint density at radius 1 is 1.38 bits per heavy atom. The molecule has 0 radical (unpaired) electrons. The normalized spacial score (nSPS) is 12.2. The number of pyridine rings is 1. The number of hydrogen-bond donors (Lipinski definition) is 1. The third-order valence-electron chi connectivity index (χ3n) is 3.61. The molecule has 2 heterocycles. The van der Waals surface area contributed by atoms with Crippen molar-refractivity contribution in [1.29, 1.82) is 0 Å². The lowest BCUT2D eigenvalue weighted by Crippen LogP contribution is -2.33. The number of aryl methyl sites for hydroxylation is 2. The Bertz CT molecular complexity index is 662. The molecule has 2 aromatic heterocycles. The van der Waals surface area contributed by atoms with E-state index >= 15 is 0 Å². The number of rotatable bonds is 4. The van der Waals surface area contributed by atoms with Crippen molar-refractivity contribution in [2.45, 2.75) is 33.2 Å². The molecular formula is C16H21N3O2. The molecule has 0 bridgehead atoms. The summed E-state index contributed by atoms with van der Waals surface area (Å²) in [6.45, 7) is 6.06. The van der Waals surface area contributed by atoms with Gasteiger partial charge >= 0.3 is 5.97 Å². The van der Waals surface area contributed by atoms with Crippen molar-refractivity contribution in [3.8, 4) is 5.82 Å². The first-order valence-corrected chi connectivity index (χ1v) is 6.88. The predicted octanol–water partition coefficient (Wildman–Crippen LogP) is 1.84. The molecule has 112 valence electrons. The van der Waals surface area contributed by atoms with E-state index < -0.39 is 12.0 Å². The zero-order valence-electron chi connectivity index (χ0n) is 12.9. The van der Waals surface area contributed by atoms with Gasteiger partial charge in [-0.05, 0) is 50.1 Å². The minimum Gasteiger partial charge on any atom is -0.468 e. The Labute approximate surface area is 124 Å². The van der Waals surface area contributed by atoms with Gasteiger partial charge in [-0.15, -0.1) is 0 Å². The van der Waals surface area contributed by atoms with Crippen LogP contribution in [-0.2, 0) is 16.0 Å². The molecule has 0 aliphatic carbocycles. The van der Waals surface area contributed by atoms with Gasteiger partial charge in [0.15, 0.2) is 0 Å². The van der Waals surface area contributed by atoms with Crippen molar-refractivity contribution in [2.75, 3.05) is 7.11 Å². The summed E-state index contributed by atoms with van der Waals surface area (Å²) in [5.41, 5.74) is 10.2. The van der Waals surface area contributed by atoms with Crippen LogP contribution in [0.3, 0.4) is 0 Å². The summed E-state index contributed by atoms with van der Waals surface area (Å²) in [5.74, 6) is 0.483. The molecular weight excluding hydrogens is 266 g/mol. The second-order valence-corrected chi connectivity index (χ2v) is 5.26. The second kappa shape index (κ2) is 6.10.